The minimum Gasteiger partial charge on any atom is -0.496 e. The Kier molecular flexibility index (Phi) is 4.85. The molecule has 3 N–H and O–H groups in total. The molecular formula is C16H26N4O. The van der Waals surface area contributed by atoms with Crippen LogP contribution in [0.3, 0.4) is 0 Å². The predicted molar refractivity (Wildman–Crippen MR) is 86.0 cm³/mol. The van der Waals surface area contributed by atoms with E-state index >= 15 is 0 Å². The van der Waals surface area contributed by atoms with Crippen LogP contribution in [-0.4, -0.2) is 55.0 Å². The number of rotatable bonds is 4. The molecule has 1 aliphatic heterocycles. The van der Waals surface area contributed by atoms with Crippen molar-refractivity contribution in [2.75, 3.05) is 27.2 Å². The predicted octanol–water partition coefficient (Wildman–Crippen LogP) is 1.50. The monoisotopic (exact) mass is 290 g/mol. The van der Waals surface area contributed by atoms with E-state index in [1.165, 1.54) is 0 Å². The van der Waals surface area contributed by atoms with Gasteiger partial charge < -0.3 is 10.5 Å². The van der Waals surface area contributed by atoms with Gasteiger partial charge in [-0.3, -0.25) is 15.2 Å². The first kappa shape index (κ1) is 15.8. The van der Waals surface area contributed by atoms with Crippen molar-refractivity contribution in [2.45, 2.75) is 32.5 Å². The van der Waals surface area contributed by atoms with Crippen LogP contribution < -0.4 is 10.5 Å². The Morgan fingerprint density at radius 3 is 2.48 bits per heavy atom. The molecule has 5 nitrogen and oxygen atoms in total. The molecule has 116 valence electrons. The van der Waals surface area contributed by atoms with Crippen LogP contribution in [0.5, 0.6) is 5.75 Å². The van der Waals surface area contributed by atoms with Crippen molar-refractivity contribution >= 4 is 5.84 Å². The summed E-state index contributed by atoms with van der Waals surface area (Å²) >= 11 is 0. The molecule has 1 saturated heterocycles. The fraction of sp³-hybridized carbons (Fsp3) is 0.562. The van der Waals surface area contributed by atoms with Gasteiger partial charge in [0.15, 0.2) is 0 Å². The standard InChI is InChI=1S/C16H26N4O/c1-11-8-20(9-12(2)19(11)3)10-14-7-13(16(17)18)5-6-15(14)21-4/h5-7,11-12H,8-10H2,1-4H3,(H3,17,18). The molecule has 0 bridgehead atoms. The second kappa shape index (κ2) is 6.45. The minimum atomic E-state index is 0.0963. The summed E-state index contributed by atoms with van der Waals surface area (Å²) < 4.78 is 5.45. The maximum absolute atomic E-state index is 7.59. The molecule has 1 aromatic carbocycles. The highest BCUT2D eigenvalue weighted by molar-refractivity contribution is 5.95. The number of likely N-dealkylation sites (N-methyl/N-ethyl adjacent to an activating group) is 1. The van der Waals surface area contributed by atoms with Crippen LogP contribution in [0.4, 0.5) is 0 Å². The second-order valence-electron chi connectivity index (χ2n) is 6.00. The summed E-state index contributed by atoms with van der Waals surface area (Å²) in [4.78, 5) is 4.86. The zero-order valence-corrected chi connectivity index (χ0v) is 13.4. The fourth-order valence-electron chi connectivity index (χ4n) is 2.95. The minimum absolute atomic E-state index is 0.0963. The SMILES string of the molecule is COc1ccc(C(=N)N)cc1CN1CC(C)N(C)C(C)C1. The summed E-state index contributed by atoms with van der Waals surface area (Å²) in [6.45, 7) is 7.41. The average Bonchev–Trinajstić information content (AvgIpc) is 2.44. The first-order valence-electron chi connectivity index (χ1n) is 7.38. The van der Waals surface area contributed by atoms with Crippen molar-refractivity contribution in [1.29, 1.82) is 5.41 Å². The molecule has 2 unspecified atom stereocenters. The molecule has 2 atom stereocenters. The molecule has 1 fully saturated rings. The van der Waals surface area contributed by atoms with Gasteiger partial charge >= 0.3 is 0 Å². The number of amidine groups is 1. The molecule has 0 saturated carbocycles. The smallest absolute Gasteiger partial charge is 0.123 e. The van der Waals surface area contributed by atoms with E-state index in [1.54, 1.807) is 7.11 Å². The molecule has 0 amide bonds. The van der Waals surface area contributed by atoms with Crippen molar-refractivity contribution in [1.82, 2.24) is 9.80 Å². The van der Waals surface area contributed by atoms with Crippen molar-refractivity contribution in [3.8, 4) is 5.75 Å². The second-order valence-corrected chi connectivity index (χ2v) is 6.00. The van der Waals surface area contributed by atoms with E-state index in [2.05, 4.69) is 30.7 Å². The van der Waals surface area contributed by atoms with Crippen molar-refractivity contribution in [2.24, 2.45) is 5.73 Å². The Balaban J connectivity index is 2.18. The lowest BCUT2D eigenvalue weighted by atomic mass is 10.1. The Morgan fingerprint density at radius 2 is 1.95 bits per heavy atom. The molecule has 21 heavy (non-hydrogen) atoms. The third-order valence-electron chi connectivity index (χ3n) is 4.42. The largest absolute Gasteiger partial charge is 0.496 e. The third-order valence-corrected chi connectivity index (χ3v) is 4.42. The number of methoxy groups -OCH3 is 1. The molecular weight excluding hydrogens is 264 g/mol. The number of hydrogen-bond acceptors (Lipinski definition) is 4. The number of ether oxygens (including phenoxy) is 1. The molecule has 1 heterocycles. The van der Waals surface area contributed by atoms with Gasteiger partial charge in [-0.1, -0.05) is 0 Å². The number of nitrogens with two attached hydrogens (primary N) is 1. The van der Waals surface area contributed by atoms with E-state index in [-0.39, 0.29) is 5.84 Å². The quantitative estimate of drug-likeness (QED) is 0.651. The van der Waals surface area contributed by atoms with Gasteiger partial charge in [-0.05, 0) is 39.1 Å². The topological polar surface area (TPSA) is 65.6 Å². The van der Waals surface area contributed by atoms with Crippen LogP contribution in [0.25, 0.3) is 0 Å². The van der Waals surface area contributed by atoms with Gasteiger partial charge in [-0.15, -0.1) is 0 Å². The Morgan fingerprint density at radius 1 is 1.33 bits per heavy atom. The summed E-state index contributed by atoms with van der Waals surface area (Å²) in [5, 5.41) is 7.59. The van der Waals surface area contributed by atoms with E-state index in [1.807, 2.05) is 18.2 Å². The Labute approximate surface area is 127 Å². The molecule has 2 rings (SSSR count). The maximum Gasteiger partial charge on any atom is 0.123 e. The highest BCUT2D eigenvalue weighted by Crippen LogP contribution is 2.23. The summed E-state index contributed by atoms with van der Waals surface area (Å²) in [6, 6.07) is 6.77. The summed E-state index contributed by atoms with van der Waals surface area (Å²) in [7, 11) is 3.87. The highest BCUT2D eigenvalue weighted by Gasteiger charge is 2.26. The highest BCUT2D eigenvalue weighted by atomic mass is 16.5. The first-order valence-corrected chi connectivity index (χ1v) is 7.38. The number of nitrogens with zero attached hydrogens (tertiary/aromatic N) is 2. The van der Waals surface area contributed by atoms with Gasteiger partial charge in [0.1, 0.15) is 11.6 Å². The average molecular weight is 290 g/mol. The maximum atomic E-state index is 7.59. The van der Waals surface area contributed by atoms with Crippen LogP contribution in [0.1, 0.15) is 25.0 Å². The van der Waals surface area contributed by atoms with E-state index in [0.29, 0.717) is 12.1 Å². The van der Waals surface area contributed by atoms with Crippen molar-refractivity contribution in [3.05, 3.63) is 29.3 Å². The number of piperazine rings is 1. The molecule has 0 radical (unpaired) electrons. The van der Waals surface area contributed by atoms with Crippen molar-refractivity contribution in [3.63, 3.8) is 0 Å². The van der Waals surface area contributed by atoms with E-state index in [4.69, 9.17) is 15.9 Å². The Hall–Kier alpha value is -1.59. The lowest BCUT2D eigenvalue weighted by Gasteiger charge is -2.42. The van der Waals surface area contributed by atoms with Crippen LogP contribution >= 0.6 is 0 Å². The van der Waals surface area contributed by atoms with E-state index in [0.717, 1.165) is 36.5 Å². The molecule has 1 aliphatic rings. The Bertz CT molecular complexity index is 505. The molecule has 0 aliphatic carbocycles. The van der Waals surface area contributed by atoms with Gasteiger partial charge in [-0.2, -0.15) is 0 Å². The van der Waals surface area contributed by atoms with Crippen molar-refractivity contribution < 1.29 is 4.74 Å². The third kappa shape index (κ3) is 3.54. The number of nitrogen functional groups attached to an aromatic ring is 1. The van der Waals surface area contributed by atoms with Gasteiger partial charge in [0.2, 0.25) is 0 Å². The van der Waals surface area contributed by atoms with Gasteiger partial charge in [0, 0.05) is 42.8 Å². The van der Waals surface area contributed by atoms with Gasteiger partial charge in [0.25, 0.3) is 0 Å². The van der Waals surface area contributed by atoms with Gasteiger partial charge in [0.05, 0.1) is 7.11 Å². The zero-order valence-electron chi connectivity index (χ0n) is 13.4. The number of hydrogen-bond donors (Lipinski definition) is 2. The van der Waals surface area contributed by atoms with E-state index < -0.39 is 0 Å². The lowest BCUT2D eigenvalue weighted by molar-refractivity contribution is 0.0552. The number of nitrogens with one attached hydrogen (secondary N) is 1. The van der Waals surface area contributed by atoms with Crippen LogP contribution in [0, 0.1) is 5.41 Å². The van der Waals surface area contributed by atoms with Crippen LogP contribution in [0.15, 0.2) is 18.2 Å². The molecule has 0 aromatic heterocycles. The molecule has 1 aromatic rings. The zero-order chi connectivity index (χ0) is 15.6. The molecule has 5 heteroatoms. The summed E-state index contributed by atoms with van der Waals surface area (Å²) in [5.41, 5.74) is 7.43. The lowest BCUT2D eigenvalue weighted by Crippen LogP contribution is -2.54. The fourth-order valence-corrected chi connectivity index (χ4v) is 2.95. The van der Waals surface area contributed by atoms with E-state index in [9.17, 15) is 0 Å². The van der Waals surface area contributed by atoms with Crippen LogP contribution in [-0.2, 0) is 6.54 Å². The summed E-state index contributed by atoms with van der Waals surface area (Å²) in [6.07, 6.45) is 0. The van der Waals surface area contributed by atoms with Gasteiger partial charge in [-0.25, -0.2) is 0 Å². The first-order chi connectivity index (χ1) is 9.92. The number of benzene rings is 1. The normalized spacial score (nSPS) is 24.0. The molecule has 0 spiro atoms. The van der Waals surface area contributed by atoms with Crippen LogP contribution in [0.2, 0.25) is 0 Å². The summed E-state index contributed by atoms with van der Waals surface area (Å²) in [5.74, 6) is 0.957.